The van der Waals surface area contributed by atoms with Crippen LogP contribution in [0, 0.1) is 13.8 Å². The van der Waals surface area contributed by atoms with Crippen LogP contribution in [0.3, 0.4) is 0 Å². The Bertz CT molecular complexity index is 733. The first-order valence-corrected chi connectivity index (χ1v) is 8.18. The first kappa shape index (κ1) is 17.8. The normalized spacial score (nSPS) is 10.2. The lowest BCUT2D eigenvalue weighted by Gasteiger charge is -2.10. The van der Waals surface area contributed by atoms with E-state index in [-0.39, 0.29) is 18.4 Å². The smallest absolute Gasteiger partial charge is 0.252 e. The van der Waals surface area contributed by atoms with Gasteiger partial charge in [-0.3, -0.25) is 9.59 Å². The number of anilines is 1. The molecule has 0 spiro atoms. The van der Waals surface area contributed by atoms with Crippen molar-refractivity contribution >= 4 is 28.8 Å². The van der Waals surface area contributed by atoms with E-state index < -0.39 is 0 Å². The van der Waals surface area contributed by atoms with Gasteiger partial charge < -0.3 is 20.1 Å². The Balaban J connectivity index is 1.96. The van der Waals surface area contributed by atoms with Crippen molar-refractivity contribution in [2.45, 2.75) is 13.8 Å². The number of nitrogens with one attached hydrogen (secondary N) is 2. The van der Waals surface area contributed by atoms with Gasteiger partial charge in [0.25, 0.3) is 5.91 Å². The van der Waals surface area contributed by atoms with Gasteiger partial charge in [0.2, 0.25) is 5.91 Å². The molecule has 0 aliphatic carbocycles. The predicted molar refractivity (Wildman–Crippen MR) is 94.3 cm³/mol. The lowest BCUT2D eigenvalue weighted by atomic mass is 10.1. The first-order valence-electron chi connectivity index (χ1n) is 7.30. The summed E-state index contributed by atoms with van der Waals surface area (Å²) >= 11 is 1.52. The van der Waals surface area contributed by atoms with E-state index in [4.69, 9.17) is 9.47 Å². The van der Waals surface area contributed by atoms with Crippen LogP contribution in [0.5, 0.6) is 11.5 Å². The van der Waals surface area contributed by atoms with Crippen LogP contribution >= 0.6 is 11.3 Å². The SMILES string of the molecule is COc1cc(NC(=O)CNC(=O)c2csc(C)c2C)cc(OC)c1. The van der Waals surface area contributed by atoms with E-state index in [9.17, 15) is 9.59 Å². The minimum absolute atomic E-state index is 0.118. The highest BCUT2D eigenvalue weighted by atomic mass is 32.1. The molecule has 0 unspecified atom stereocenters. The third-order valence-electron chi connectivity index (χ3n) is 3.57. The second kappa shape index (κ2) is 7.83. The number of aryl methyl sites for hydroxylation is 1. The molecule has 1 heterocycles. The van der Waals surface area contributed by atoms with E-state index in [0.29, 0.717) is 22.7 Å². The Hall–Kier alpha value is -2.54. The van der Waals surface area contributed by atoms with E-state index >= 15 is 0 Å². The van der Waals surface area contributed by atoms with Crippen LogP contribution in [0.4, 0.5) is 5.69 Å². The fourth-order valence-corrected chi connectivity index (χ4v) is 2.94. The number of hydrogen-bond donors (Lipinski definition) is 2. The minimum Gasteiger partial charge on any atom is -0.497 e. The summed E-state index contributed by atoms with van der Waals surface area (Å²) in [5.74, 6) is 0.551. The van der Waals surface area contributed by atoms with E-state index in [1.54, 1.807) is 23.6 Å². The standard InChI is InChI=1S/C17H20N2O4S/c1-10-11(2)24-9-15(10)17(21)18-8-16(20)19-12-5-13(22-3)7-14(6-12)23-4/h5-7,9H,8H2,1-4H3,(H,18,21)(H,19,20). The van der Waals surface area contributed by atoms with Crippen molar-refractivity contribution in [3.05, 3.63) is 39.6 Å². The molecule has 2 rings (SSSR count). The van der Waals surface area contributed by atoms with Crippen molar-refractivity contribution in [3.8, 4) is 11.5 Å². The van der Waals surface area contributed by atoms with E-state index in [2.05, 4.69) is 10.6 Å². The number of methoxy groups -OCH3 is 2. The second-order valence-electron chi connectivity index (χ2n) is 5.16. The zero-order valence-corrected chi connectivity index (χ0v) is 14.9. The monoisotopic (exact) mass is 348 g/mol. The Morgan fingerprint density at radius 3 is 2.21 bits per heavy atom. The third-order valence-corrected chi connectivity index (χ3v) is 4.59. The van der Waals surface area contributed by atoms with Crippen LogP contribution in [0.2, 0.25) is 0 Å². The molecule has 2 aromatic rings. The number of benzene rings is 1. The Labute approximate surface area is 144 Å². The van der Waals surface area contributed by atoms with Crippen LogP contribution in [-0.4, -0.2) is 32.6 Å². The van der Waals surface area contributed by atoms with Crippen molar-refractivity contribution in [1.29, 1.82) is 0 Å². The van der Waals surface area contributed by atoms with Crippen LogP contribution in [0.15, 0.2) is 23.6 Å². The van der Waals surface area contributed by atoms with Gasteiger partial charge in [0, 0.05) is 34.1 Å². The van der Waals surface area contributed by atoms with Crippen molar-refractivity contribution < 1.29 is 19.1 Å². The molecular formula is C17H20N2O4S. The van der Waals surface area contributed by atoms with E-state index in [0.717, 1.165) is 10.4 Å². The first-order chi connectivity index (χ1) is 11.4. The van der Waals surface area contributed by atoms with Crippen LogP contribution in [0.1, 0.15) is 20.8 Å². The molecule has 6 nitrogen and oxygen atoms in total. The number of carbonyl (C=O) groups excluding carboxylic acids is 2. The summed E-state index contributed by atoms with van der Waals surface area (Å²) in [5, 5.41) is 7.13. The highest BCUT2D eigenvalue weighted by Crippen LogP contribution is 2.25. The van der Waals surface area contributed by atoms with Gasteiger partial charge in [-0.15, -0.1) is 11.3 Å². The molecule has 128 valence electrons. The molecule has 2 amide bonds. The maximum Gasteiger partial charge on any atom is 0.252 e. The van der Waals surface area contributed by atoms with Gasteiger partial charge in [0.15, 0.2) is 0 Å². The summed E-state index contributed by atoms with van der Waals surface area (Å²) in [4.78, 5) is 25.2. The van der Waals surface area contributed by atoms with Gasteiger partial charge in [0.05, 0.1) is 26.3 Å². The zero-order valence-electron chi connectivity index (χ0n) is 14.1. The molecule has 1 aromatic carbocycles. The molecule has 2 N–H and O–H groups in total. The van der Waals surface area contributed by atoms with Crippen molar-refractivity contribution in [2.24, 2.45) is 0 Å². The van der Waals surface area contributed by atoms with Gasteiger partial charge in [-0.25, -0.2) is 0 Å². The number of hydrogen-bond acceptors (Lipinski definition) is 5. The summed E-state index contributed by atoms with van der Waals surface area (Å²) in [7, 11) is 3.07. The third kappa shape index (κ3) is 4.26. The summed E-state index contributed by atoms with van der Waals surface area (Å²) in [6.45, 7) is 3.73. The summed E-state index contributed by atoms with van der Waals surface area (Å²) < 4.78 is 10.3. The van der Waals surface area contributed by atoms with Crippen LogP contribution in [-0.2, 0) is 4.79 Å². The Morgan fingerprint density at radius 2 is 1.71 bits per heavy atom. The summed E-state index contributed by atoms with van der Waals surface area (Å²) in [5.41, 5.74) is 2.08. The Kier molecular flexibility index (Phi) is 5.81. The fraction of sp³-hybridized carbons (Fsp3) is 0.294. The lowest BCUT2D eigenvalue weighted by Crippen LogP contribution is -2.33. The average molecular weight is 348 g/mol. The number of ether oxygens (including phenoxy) is 2. The fourth-order valence-electron chi connectivity index (χ4n) is 2.08. The molecular weight excluding hydrogens is 328 g/mol. The Morgan fingerprint density at radius 1 is 1.08 bits per heavy atom. The molecule has 0 atom stereocenters. The van der Waals surface area contributed by atoms with Crippen molar-refractivity contribution in [2.75, 3.05) is 26.1 Å². The molecule has 0 saturated heterocycles. The zero-order chi connectivity index (χ0) is 17.7. The number of rotatable bonds is 6. The number of thiophene rings is 1. The van der Waals surface area contributed by atoms with Gasteiger partial charge in [-0.05, 0) is 19.4 Å². The van der Waals surface area contributed by atoms with E-state index in [1.807, 2.05) is 13.8 Å². The maximum absolute atomic E-state index is 12.1. The number of amides is 2. The van der Waals surface area contributed by atoms with Gasteiger partial charge >= 0.3 is 0 Å². The molecule has 0 fully saturated rings. The minimum atomic E-state index is -0.330. The van der Waals surface area contributed by atoms with Crippen LogP contribution < -0.4 is 20.1 Å². The molecule has 0 saturated carbocycles. The molecule has 0 bridgehead atoms. The summed E-state index contributed by atoms with van der Waals surface area (Å²) in [6, 6.07) is 5.06. The van der Waals surface area contributed by atoms with Gasteiger partial charge in [-0.2, -0.15) is 0 Å². The molecule has 0 aliphatic rings. The molecule has 0 radical (unpaired) electrons. The lowest BCUT2D eigenvalue weighted by molar-refractivity contribution is -0.115. The topological polar surface area (TPSA) is 76.7 Å². The van der Waals surface area contributed by atoms with Crippen molar-refractivity contribution in [1.82, 2.24) is 5.32 Å². The molecule has 0 aliphatic heterocycles. The molecule has 7 heteroatoms. The predicted octanol–water partition coefficient (Wildman–Crippen LogP) is 2.75. The second-order valence-corrected chi connectivity index (χ2v) is 6.25. The van der Waals surface area contributed by atoms with Gasteiger partial charge in [0.1, 0.15) is 11.5 Å². The molecule has 24 heavy (non-hydrogen) atoms. The van der Waals surface area contributed by atoms with Crippen molar-refractivity contribution in [3.63, 3.8) is 0 Å². The quantitative estimate of drug-likeness (QED) is 0.841. The largest absolute Gasteiger partial charge is 0.497 e. The average Bonchev–Trinajstić information content (AvgIpc) is 2.91. The summed E-state index contributed by atoms with van der Waals surface area (Å²) in [6.07, 6.45) is 0. The highest BCUT2D eigenvalue weighted by molar-refractivity contribution is 7.10. The highest BCUT2D eigenvalue weighted by Gasteiger charge is 2.14. The maximum atomic E-state index is 12.1. The van der Waals surface area contributed by atoms with Crippen LogP contribution in [0.25, 0.3) is 0 Å². The van der Waals surface area contributed by atoms with Gasteiger partial charge in [-0.1, -0.05) is 0 Å². The number of carbonyl (C=O) groups is 2. The van der Waals surface area contributed by atoms with E-state index in [1.165, 1.54) is 25.6 Å². The molecule has 1 aromatic heterocycles.